The minimum absolute atomic E-state index is 0.0853. The van der Waals surface area contributed by atoms with Crippen LogP contribution in [0.25, 0.3) is 0 Å². The summed E-state index contributed by atoms with van der Waals surface area (Å²) in [7, 11) is 0. The molecule has 0 spiro atoms. The number of nitrogen functional groups attached to an aromatic ring is 1. The van der Waals surface area contributed by atoms with Crippen LogP contribution in [0, 0.1) is 0 Å². The molecule has 1 fully saturated rings. The van der Waals surface area contributed by atoms with Crippen molar-refractivity contribution in [1.82, 2.24) is 9.97 Å². The fourth-order valence-electron chi connectivity index (χ4n) is 2.18. The first-order valence-corrected chi connectivity index (χ1v) is 6.33. The van der Waals surface area contributed by atoms with Gasteiger partial charge in [0.1, 0.15) is 6.10 Å². The Morgan fingerprint density at radius 2 is 1.74 bits per heavy atom. The monoisotopic (exact) mass is 275 g/mol. The zero-order valence-corrected chi connectivity index (χ0v) is 10.4. The van der Waals surface area contributed by atoms with E-state index in [0.717, 1.165) is 44.6 Å². The van der Waals surface area contributed by atoms with Crippen LogP contribution in [0.5, 0.6) is 5.88 Å². The number of aromatic nitrogens is 2. The van der Waals surface area contributed by atoms with Gasteiger partial charge in [-0.25, -0.2) is 4.98 Å². The van der Waals surface area contributed by atoms with Crippen LogP contribution in [0.3, 0.4) is 0 Å². The number of hydrogen-bond donors (Lipinski definition) is 1. The molecule has 0 aromatic carbocycles. The molecule has 106 valence electrons. The molecule has 0 amide bonds. The Kier molecular flexibility index (Phi) is 4.11. The summed E-state index contributed by atoms with van der Waals surface area (Å²) >= 11 is 0. The molecule has 19 heavy (non-hydrogen) atoms. The van der Waals surface area contributed by atoms with Crippen LogP contribution in [0.4, 0.5) is 19.1 Å². The highest BCUT2D eigenvalue weighted by atomic mass is 19.4. The molecule has 1 saturated carbocycles. The first-order valence-electron chi connectivity index (χ1n) is 6.33. The SMILES string of the molecule is Nc1nc(OC2CCCCCC2)cc(C(F)(F)F)n1. The third-order valence-corrected chi connectivity index (χ3v) is 3.10. The van der Waals surface area contributed by atoms with E-state index >= 15 is 0 Å². The average Bonchev–Trinajstić information content (AvgIpc) is 2.55. The molecule has 7 heteroatoms. The van der Waals surface area contributed by atoms with Gasteiger partial charge in [-0.15, -0.1) is 0 Å². The van der Waals surface area contributed by atoms with Crippen LogP contribution >= 0.6 is 0 Å². The van der Waals surface area contributed by atoms with Crippen molar-refractivity contribution in [3.63, 3.8) is 0 Å². The van der Waals surface area contributed by atoms with E-state index in [1.165, 1.54) is 0 Å². The lowest BCUT2D eigenvalue weighted by Crippen LogP contribution is -2.18. The third-order valence-electron chi connectivity index (χ3n) is 3.10. The molecule has 2 N–H and O–H groups in total. The molecule has 1 aromatic heterocycles. The summed E-state index contributed by atoms with van der Waals surface area (Å²) < 4.78 is 43.3. The van der Waals surface area contributed by atoms with Crippen molar-refractivity contribution in [2.45, 2.75) is 50.8 Å². The highest BCUT2D eigenvalue weighted by Crippen LogP contribution is 2.30. The predicted molar refractivity (Wildman–Crippen MR) is 63.6 cm³/mol. The van der Waals surface area contributed by atoms with Crippen molar-refractivity contribution < 1.29 is 17.9 Å². The highest BCUT2D eigenvalue weighted by Gasteiger charge is 2.34. The molecule has 0 radical (unpaired) electrons. The summed E-state index contributed by atoms with van der Waals surface area (Å²) in [6, 6.07) is 0.807. The molecule has 0 atom stereocenters. The molecule has 2 rings (SSSR count). The number of rotatable bonds is 2. The fraction of sp³-hybridized carbons (Fsp3) is 0.667. The number of alkyl halides is 3. The quantitative estimate of drug-likeness (QED) is 0.842. The van der Waals surface area contributed by atoms with E-state index in [1.807, 2.05) is 0 Å². The van der Waals surface area contributed by atoms with E-state index in [4.69, 9.17) is 10.5 Å². The minimum Gasteiger partial charge on any atom is -0.474 e. The van der Waals surface area contributed by atoms with Gasteiger partial charge in [0.2, 0.25) is 11.8 Å². The predicted octanol–water partition coefficient (Wildman–Crippen LogP) is 3.18. The van der Waals surface area contributed by atoms with Gasteiger partial charge in [0, 0.05) is 6.07 Å². The maximum absolute atomic E-state index is 12.6. The zero-order chi connectivity index (χ0) is 13.9. The normalized spacial score (nSPS) is 18.1. The number of anilines is 1. The minimum atomic E-state index is -4.54. The second-order valence-electron chi connectivity index (χ2n) is 4.68. The van der Waals surface area contributed by atoms with Crippen LogP contribution in [-0.4, -0.2) is 16.1 Å². The van der Waals surface area contributed by atoms with E-state index in [0.29, 0.717) is 0 Å². The fourth-order valence-corrected chi connectivity index (χ4v) is 2.18. The standard InChI is InChI=1S/C12H16F3N3O/c13-12(14,15)9-7-10(18-11(16)17-9)19-8-5-3-1-2-4-6-8/h7-8H,1-6H2,(H2,16,17,18). The molecule has 0 unspecified atom stereocenters. The molecule has 1 aromatic rings. The van der Waals surface area contributed by atoms with Crippen LogP contribution in [0.15, 0.2) is 6.07 Å². The smallest absolute Gasteiger partial charge is 0.433 e. The molecule has 0 aliphatic heterocycles. The van der Waals surface area contributed by atoms with E-state index in [9.17, 15) is 13.2 Å². The molecule has 1 aliphatic rings. The van der Waals surface area contributed by atoms with Crippen molar-refractivity contribution in [1.29, 1.82) is 0 Å². The number of hydrogen-bond acceptors (Lipinski definition) is 4. The Hall–Kier alpha value is -1.53. The van der Waals surface area contributed by atoms with Crippen LogP contribution in [0.1, 0.15) is 44.2 Å². The van der Waals surface area contributed by atoms with Crippen LogP contribution in [-0.2, 0) is 6.18 Å². The topological polar surface area (TPSA) is 61.0 Å². The van der Waals surface area contributed by atoms with E-state index < -0.39 is 17.8 Å². The molecule has 1 heterocycles. The van der Waals surface area contributed by atoms with Crippen molar-refractivity contribution in [2.24, 2.45) is 0 Å². The molecule has 1 aliphatic carbocycles. The van der Waals surface area contributed by atoms with Gasteiger partial charge in [-0.05, 0) is 25.7 Å². The lowest BCUT2D eigenvalue weighted by molar-refractivity contribution is -0.141. The lowest BCUT2D eigenvalue weighted by Gasteiger charge is -2.17. The summed E-state index contributed by atoms with van der Waals surface area (Å²) in [6.07, 6.45) is 1.38. The number of halogens is 3. The average molecular weight is 275 g/mol. The van der Waals surface area contributed by atoms with Gasteiger partial charge in [0.15, 0.2) is 5.69 Å². The van der Waals surface area contributed by atoms with Crippen molar-refractivity contribution in [2.75, 3.05) is 5.73 Å². The van der Waals surface area contributed by atoms with Gasteiger partial charge in [-0.3, -0.25) is 0 Å². The third kappa shape index (κ3) is 3.97. The van der Waals surface area contributed by atoms with Crippen molar-refractivity contribution >= 4 is 5.95 Å². The van der Waals surface area contributed by atoms with Gasteiger partial charge >= 0.3 is 6.18 Å². The zero-order valence-electron chi connectivity index (χ0n) is 10.4. The number of nitrogens with zero attached hydrogens (tertiary/aromatic N) is 2. The molecule has 4 nitrogen and oxygen atoms in total. The second kappa shape index (κ2) is 5.63. The van der Waals surface area contributed by atoms with Gasteiger partial charge in [0.25, 0.3) is 0 Å². The first-order chi connectivity index (χ1) is 8.95. The summed E-state index contributed by atoms with van der Waals surface area (Å²) in [4.78, 5) is 6.89. The Labute approximate surface area is 109 Å². The van der Waals surface area contributed by atoms with Gasteiger partial charge in [-0.1, -0.05) is 12.8 Å². The van der Waals surface area contributed by atoms with Crippen LogP contribution < -0.4 is 10.5 Å². The first kappa shape index (κ1) is 13.9. The second-order valence-corrected chi connectivity index (χ2v) is 4.68. The van der Waals surface area contributed by atoms with Gasteiger partial charge in [0.05, 0.1) is 0 Å². The largest absolute Gasteiger partial charge is 0.474 e. The Morgan fingerprint density at radius 1 is 1.11 bits per heavy atom. The number of ether oxygens (including phenoxy) is 1. The van der Waals surface area contributed by atoms with Crippen molar-refractivity contribution in [3.8, 4) is 5.88 Å². The lowest BCUT2D eigenvalue weighted by atomic mass is 10.1. The number of nitrogens with two attached hydrogens (primary N) is 1. The summed E-state index contributed by atoms with van der Waals surface area (Å²) in [6.45, 7) is 0. The maximum Gasteiger partial charge on any atom is 0.433 e. The Balaban J connectivity index is 2.13. The molecular weight excluding hydrogens is 259 g/mol. The van der Waals surface area contributed by atoms with E-state index in [1.54, 1.807) is 0 Å². The highest BCUT2D eigenvalue weighted by molar-refractivity contribution is 5.27. The maximum atomic E-state index is 12.6. The Bertz CT molecular complexity index is 429. The summed E-state index contributed by atoms with van der Waals surface area (Å²) in [5.74, 6) is -0.509. The van der Waals surface area contributed by atoms with Gasteiger partial charge < -0.3 is 10.5 Å². The molecular formula is C12H16F3N3O. The van der Waals surface area contributed by atoms with E-state index in [2.05, 4.69) is 9.97 Å². The molecule has 0 saturated heterocycles. The van der Waals surface area contributed by atoms with Crippen molar-refractivity contribution in [3.05, 3.63) is 11.8 Å². The van der Waals surface area contributed by atoms with E-state index in [-0.39, 0.29) is 12.0 Å². The Morgan fingerprint density at radius 3 is 2.32 bits per heavy atom. The summed E-state index contributed by atoms with van der Waals surface area (Å²) in [5.41, 5.74) is 4.22. The van der Waals surface area contributed by atoms with Gasteiger partial charge in [-0.2, -0.15) is 18.2 Å². The molecule has 0 bridgehead atoms. The summed E-state index contributed by atoms with van der Waals surface area (Å²) in [5, 5.41) is 0. The van der Waals surface area contributed by atoms with Crippen LogP contribution in [0.2, 0.25) is 0 Å².